The Hall–Kier alpha value is -2.30. The lowest BCUT2D eigenvalue weighted by molar-refractivity contribution is 0.0989. The SMILES string of the molecule is O=C(NCc1ccc2c(c1)CCN2C(=O)c1cc(Br)c(Br)c(Br)c1)Nc1ccc(F)cc1F. The van der Waals surface area contributed by atoms with Gasteiger partial charge in [0.2, 0.25) is 0 Å². The third-order valence-electron chi connectivity index (χ3n) is 5.15. The van der Waals surface area contributed by atoms with Gasteiger partial charge < -0.3 is 15.5 Å². The third-order valence-corrected chi connectivity index (χ3v) is 8.32. The van der Waals surface area contributed by atoms with Gasteiger partial charge in [0.15, 0.2) is 0 Å². The van der Waals surface area contributed by atoms with Crippen LogP contribution in [-0.2, 0) is 13.0 Å². The van der Waals surface area contributed by atoms with Crippen LogP contribution in [0.15, 0.2) is 61.9 Å². The third kappa shape index (κ3) is 5.28. The van der Waals surface area contributed by atoms with Gasteiger partial charge in [0.25, 0.3) is 5.91 Å². The summed E-state index contributed by atoms with van der Waals surface area (Å²) in [6.07, 6.45) is 0.695. The second kappa shape index (κ2) is 9.90. The summed E-state index contributed by atoms with van der Waals surface area (Å²) >= 11 is 10.3. The zero-order valence-electron chi connectivity index (χ0n) is 16.9. The average molecular weight is 644 g/mol. The number of anilines is 2. The highest BCUT2D eigenvalue weighted by molar-refractivity contribution is 9.14. The zero-order valence-corrected chi connectivity index (χ0v) is 21.7. The number of rotatable bonds is 4. The molecule has 0 radical (unpaired) electrons. The molecule has 170 valence electrons. The summed E-state index contributed by atoms with van der Waals surface area (Å²) in [4.78, 5) is 26.9. The lowest BCUT2D eigenvalue weighted by atomic mass is 10.1. The van der Waals surface area contributed by atoms with Crippen LogP contribution in [0, 0.1) is 11.6 Å². The number of benzene rings is 3. The largest absolute Gasteiger partial charge is 0.334 e. The van der Waals surface area contributed by atoms with E-state index in [0.717, 1.165) is 42.4 Å². The van der Waals surface area contributed by atoms with Crippen LogP contribution < -0.4 is 15.5 Å². The Labute approximate surface area is 213 Å². The molecule has 0 saturated carbocycles. The quantitative estimate of drug-likeness (QED) is 0.308. The fraction of sp³-hybridized carbons (Fsp3) is 0.130. The predicted molar refractivity (Wildman–Crippen MR) is 134 cm³/mol. The summed E-state index contributed by atoms with van der Waals surface area (Å²) in [6, 6.07) is 11.5. The smallest absolute Gasteiger partial charge is 0.319 e. The Morgan fingerprint density at radius 1 is 0.970 bits per heavy atom. The minimum atomic E-state index is -0.850. The van der Waals surface area contributed by atoms with Gasteiger partial charge in [-0.1, -0.05) is 12.1 Å². The van der Waals surface area contributed by atoms with Gasteiger partial charge in [-0.3, -0.25) is 4.79 Å². The number of urea groups is 1. The second-order valence-corrected chi connectivity index (χ2v) is 9.86. The van der Waals surface area contributed by atoms with Crippen LogP contribution >= 0.6 is 47.8 Å². The Bertz CT molecular complexity index is 1250. The molecule has 10 heteroatoms. The zero-order chi connectivity index (χ0) is 23.7. The molecule has 0 unspecified atom stereocenters. The first kappa shape index (κ1) is 23.8. The monoisotopic (exact) mass is 641 g/mol. The normalized spacial score (nSPS) is 12.5. The summed E-state index contributed by atoms with van der Waals surface area (Å²) in [5.74, 6) is -1.67. The van der Waals surface area contributed by atoms with Gasteiger partial charge >= 0.3 is 6.03 Å². The van der Waals surface area contributed by atoms with Crippen molar-refractivity contribution in [2.45, 2.75) is 13.0 Å². The van der Waals surface area contributed by atoms with E-state index < -0.39 is 17.7 Å². The molecule has 5 nitrogen and oxygen atoms in total. The Morgan fingerprint density at radius 3 is 2.39 bits per heavy atom. The van der Waals surface area contributed by atoms with E-state index in [4.69, 9.17) is 0 Å². The molecule has 0 atom stereocenters. The molecular weight excluding hydrogens is 628 g/mol. The van der Waals surface area contributed by atoms with E-state index in [0.29, 0.717) is 24.6 Å². The van der Waals surface area contributed by atoms with Crippen molar-refractivity contribution in [1.29, 1.82) is 0 Å². The molecule has 4 rings (SSSR count). The molecule has 0 fully saturated rings. The highest BCUT2D eigenvalue weighted by Crippen LogP contribution is 2.35. The molecule has 1 heterocycles. The van der Waals surface area contributed by atoms with Crippen molar-refractivity contribution in [3.05, 3.63) is 90.3 Å². The molecule has 3 amide bonds. The highest BCUT2D eigenvalue weighted by atomic mass is 79.9. The Morgan fingerprint density at radius 2 is 1.70 bits per heavy atom. The number of carbonyl (C=O) groups excluding carboxylic acids is 2. The van der Waals surface area contributed by atoms with Gasteiger partial charge in [0.05, 0.1) is 5.69 Å². The number of nitrogens with zero attached hydrogens (tertiary/aromatic N) is 1. The Balaban J connectivity index is 1.42. The summed E-state index contributed by atoms with van der Waals surface area (Å²) < 4.78 is 29.1. The van der Waals surface area contributed by atoms with Crippen molar-refractivity contribution in [3.63, 3.8) is 0 Å². The van der Waals surface area contributed by atoms with E-state index in [1.807, 2.05) is 18.2 Å². The number of carbonyl (C=O) groups is 2. The van der Waals surface area contributed by atoms with Crippen molar-refractivity contribution in [1.82, 2.24) is 5.32 Å². The molecule has 0 aromatic heterocycles. The maximum atomic E-state index is 13.7. The maximum Gasteiger partial charge on any atom is 0.319 e. The van der Waals surface area contributed by atoms with Gasteiger partial charge in [-0.25, -0.2) is 13.6 Å². The van der Waals surface area contributed by atoms with Crippen LogP contribution in [0.3, 0.4) is 0 Å². The molecule has 0 spiro atoms. The van der Waals surface area contributed by atoms with Gasteiger partial charge in [-0.15, -0.1) is 0 Å². The number of halogens is 5. The molecule has 0 saturated heterocycles. The van der Waals surface area contributed by atoms with E-state index in [-0.39, 0.29) is 18.1 Å². The van der Waals surface area contributed by atoms with Crippen LogP contribution in [0.2, 0.25) is 0 Å². The average Bonchev–Trinajstić information content (AvgIpc) is 3.20. The van der Waals surface area contributed by atoms with E-state index in [9.17, 15) is 18.4 Å². The minimum absolute atomic E-state index is 0.103. The summed E-state index contributed by atoms with van der Waals surface area (Å²) in [7, 11) is 0. The first-order valence-corrected chi connectivity index (χ1v) is 12.2. The molecule has 3 aromatic rings. The van der Waals surface area contributed by atoms with Crippen molar-refractivity contribution in [2.24, 2.45) is 0 Å². The number of hydrogen-bond donors (Lipinski definition) is 2. The van der Waals surface area contributed by atoms with Crippen LogP contribution in [0.4, 0.5) is 25.0 Å². The first-order chi connectivity index (χ1) is 15.7. The Kier molecular flexibility index (Phi) is 7.16. The van der Waals surface area contributed by atoms with E-state index in [1.54, 1.807) is 17.0 Å². The van der Waals surface area contributed by atoms with Crippen LogP contribution in [0.5, 0.6) is 0 Å². The molecule has 3 aromatic carbocycles. The van der Waals surface area contributed by atoms with E-state index >= 15 is 0 Å². The number of fused-ring (bicyclic) bond motifs is 1. The topological polar surface area (TPSA) is 61.4 Å². The standard InChI is InChI=1S/C23H16Br3F2N3O2/c24-16-8-14(9-17(25)21(16)26)22(32)31-6-5-13-7-12(1-4-20(13)31)11-29-23(33)30-19-3-2-15(27)10-18(19)28/h1-4,7-10H,5-6,11H2,(H2,29,30,33). The molecule has 1 aliphatic heterocycles. The van der Waals surface area contributed by atoms with Crippen LogP contribution in [-0.4, -0.2) is 18.5 Å². The van der Waals surface area contributed by atoms with E-state index in [2.05, 4.69) is 58.4 Å². The van der Waals surface area contributed by atoms with Crippen LogP contribution in [0.1, 0.15) is 21.5 Å². The fourth-order valence-electron chi connectivity index (χ4n) is 3.55. The molecule has 33 heavy (non-hydrogen) atoms. The van der Waals surface area contributed by atoms with Gasteiger partial charge in [0, 0.05) is 43.8 Å². The van der Waals surface area contributed by atoms with Crippen molar-refractivity contribution < 1.29 is 18.4 Å². The fourth-order valence-corrected chi connectivity index (χ4v) is 4.97. The molecular formula is C23H16Br3F2N3O2. The van der Waals surface area contributed by atoms with Crippen molar-refractivity contribution in [3.8, 4) is 0 Å². The van der Waals surface area contributed by atoms with Crippen molar-refractivity contribution in [2.75, 3.05) is 16.8 Å². The van der Waals surface area contributed by atoms with Gasteiger partial charge in [0.1, 0.15) is 11.6 Å². The summed E-state index contributed by atoms with van der Waals surface area (Å²) in [5.41, 5.74) is 3.12. The lowest BCUT2D eigenvalue weighted by Gasteiger charge is -2.18. The van der Waals surface area contributed by atoms with Crippen LogP contribution in [0.25, 0.3) is 0 Å². The van der Waals surface area contributed by atoms with Gasteiger partial charge in [-0.2, -0.15) is 0 Å². The van der Waals surface area contributed by atoms with E-state index in [1.165, 1.54) is 0 Å². The second-order valence-electron chi connectivity index (χ2n) is 7.36. The number of hydrogen-bond acceptors (Lipinski definition) is 2. The van der Waals surface area contributed by atoms with Crippen molar-refractivity contribution >= 4 is 71.1 Å². The minimum Gasteiger partial charge on any atom is -0.334 e. The molecule has 0 aliphatic carbocycles. The summed E-state index contributed by atoms with van der Waals surface area (Å²) in [5, 5.41) is 5.01. The highest BCUT2D eigenvalue weighted by Gasteiger charge is 2.26. The summed E-state index contributed by atoms with van der Waals surface area (Å²) in [6.45, 7) is 0.767. The first-order valence-electron chi connectivity index (χ1n) is 9.81. The lowest BCUT2D eigenvalue weighted by Crippen LogP contribution is -2.29. The maximum absolute atomic E-state index is 13.7. The van der Waals surface area contributed by atoms with Gasteiger partial charge in [-0.05, 0) is 95.7 Å². The molecule has 2 N–H and O–H groups in total. The predicted octanol–water partition coefficient (Wildman–Crippen LogP) is 6.78. The number of amides is 3. The number of nitrogens with one attached hydrogen (secondary N) is 2. The molecule has 0 bridgehead atoms. The molecule has 1 aliphatic rings.